The number of carbonyl (C=O) groups excluding carboxylic acids is 1. The largest absolute Gasteiger partial charge is 0.356 e. The number of benzene rings is 1. The highest BCUT2D eigenvalue weighted by molar-refractivity contribution is 14.0. The fraction of sp³-hybridized carbons (Fsp3) is 0.409. The van der Waals surface area contributed by atoms with Crippen LogP contribution in [0.2, 0.25) is 5.15 Å². The van der Waals surface area contributed by atoms with Gasteiger partial charge < -0.3 is 15.5 Å². The molecule has 0 saturated carbocycles. The molecule has 2 N–H and O–H groups in total. The second-order valence-corrected chi connectivity index (χ2v) is 7.53. The Labute approximate surface area is 200 Å². The molecule has 30 heavy (non-hydrogen) atoms. The highest BCUT2D eigenvalue weighted by Crippen LogP contribution is 2.14. The van der Waals surface area contributed by atoms with Crippen LogP contribution in [0.3, 0.4) is 0 Å². The fourth-order valence-electron chi connectivity index (χ4n) is 3.33. The molecule has 1 aromatic heterocycles. The van der Waals surface area contributed by atoms with Gasteiger partial charge in [0.25, 0.3) is 5.91 Å². The van der Waals surface area contributed by atoms with Crippen LogP contribution in [0.1, 0.15) is 40.7 Å². The molecule has 0 unspecified atom stereocenters. The predicted molar refractivity (Wildman–Crippen MR) is 133 cm³/mol. The van der Waals surface area contributed by atoms with Gasteiger partial charge in [-0.2, -0.15) is 0 Å². The number of nitrogens with zero attached hydrogens (tertiary/aromatic N) is 3. The number of likely N-dealkylation sites (tertiary alicyclic amines) is 1. The number of piperidine rings is 1. The summed E-state index contributed by atoms with van der Waals surface area (Å²) in [6.45, 7) is 3.12. The second-order valence-electron chi connectivity index (χ2n) is 7.14. The van der Waals surface area contributed by atoms with Crippen molar-refractivity contribution < 1.29 is 4.79 Å². The minimum absolute atomic E-state index is 0. The molecule has 8 heteroatoms. The summed E-state index contributed by atoms with van der Waals surface area (Å²) in [5.74, 6) is 0.874. The van der Waals surface area contributed by atoms with Crippen molar-refractivity contribution in [2.75, 3.05) is 26.7 Å². The molecule has 1 amide bonds. The van der Waals surface area contributed by atoms with E-state index in [0.29, 0.717) is 11.7 Å². The lowest BCUT2D eigenvalue weighted by Gasteiger charge is -2.26. The number of amides is 1. The number of hydrogen-bond acceptors (Lipinski definition) is 3. The molecule has 2 aromatic rings. The predicted octanol–water partition coefficient (Wildman–Crippen LogP) is 3.89. The molecule has 1 saturated heterocycles. The monoisotopic (exact) mass is 541 g/mol. The van der Waals surface area contributed by atoms with E-state index in [1.807, 2.05) is 35.2 Å². The van der Waals surface area contributed by atoms with Gasteiger partial charge in [-0.05, 0) is 55.0 Å². The zero-order valence-electron chi connectivity index (χ0n) is 17.2. The third-order valence-electron chi connectivity index (χ3n) is 5.02. The van der Waals surface area contributed by atoms with Gasteiger partial charge in [-0.3, -0.25) is 9.79 Å². The van der Waals surface area contributed by atoms with Crippen LogP contribution in [0.4, 0.5) is 0 Å². The van der Waals surface area contributed by atoms with Crippen molar-refractivity contribution in [1.82, 2.24) is 20.5 Å². The number of guanidine groups is 1. The van der Waals surface area contributed by atoms with Gasteiger partial charge in [0.2, 0.25) is 0 Å². The number of halogens is 2. The average molecular weight is 542 g/mol. The SMILES string of the molecule is CN=C(NCCc1ccc(Cl)nc1)NCc1ccc(C(=O)N2CCCCC2)cc1.I. The molecule has 0 bridgehead atoms. The van der Waals surface area contributed by atoms with E-state index in [1.165, 1.54) is 6.42 Å². The topological polar surface area (TPSA) is 69.6 Å². The number of hydrogen-bond donors (Lipinski definition) is 2. The van der Waals surface area contributed by atoms with E-state index < -0.39 is 0 Å². The normalized spacial score (nSPS) is 14.1. The molecule has 1 aromatic carbocycles. The molecule has 2 heterocycles. The van der Waals surface area contributed by atoms with Crippen LogP contribution < -0.4 is 10.6 Å². The highest BCUT2D eigenvalue weighted by Gasteiger charge is 2.17. The molecule has 1 aliphatic heterocycles. The Hall–Kier alpha value is -1.87. The molecule has 162 valence electrons. The van der Waals surface area contributed by atoms with E-state index in [0.717, 1.165) is 61.5 Å². The first-order valence-electron chi connectivity index (χ1n) is 10.1. The smallest absolute Gasteiger partial charge is 0.253 e. The molecule has 0 atom stereocenters. The Kier molecular flexibility index (Phi) is 10.4. The minimum Gasteiger partial charge on any atom is -0.356 e. The van der Waals surface area contributed by atoms with Gasteiger partial charge >= 0.3 is 0 Å². The van der Waals surface area contributed by atoms with Crippen molar-refractivity contribution in [1.29, 1.82) is 0 Å². The first-order valence-corrected chi connectivity index (χ1v) is 10.5. The van der Waals surface area contributed by atoms with Crippen LogP contribution in [0.25, 0.3) is 0 Å². The van der Waals surface area contributed by atoms with Crippen LogP contribution in [-0.2, 0) is 13.0 Å². The quantitative estimate of drug-likeness (QED) is 0.252. The second kappa shape index (κ2) is 12.7. The van der Waals surface area contributed by atoms with Gasteiger partial charge in [-0.25, -0.2) is 4.98 Å². The van der Waals surface area contributed by atoms with Gasteiger partial charge in [0.1, 0.15) is 5.15 Å². The Morgan fingerprint density at radius 2 is 1.77 bits per heavy atom. The van der Waals surface area contributed by atoms with Crippen LogP contribution in [0, 0.1) is 0 Å². The first kappa shape index (κ1) is 24.4. The van der Waals surface area contributed by atoms with E-state index >= 15 is 0 Å². The number of nitrogens with one attached hydrogen (secondary N) is 2. The maximum atomic E-state index is 12.5. The summed E-state index contributed by atoms with van der Waals surface area (Å²) in [6.07, 6.45) is 6.05. The minimum atomic E-state index is 0. The zero-order chi connectivity index (χ0) is 20.5. The molecule has 0 aliphatic carbocycles. The van der Waals surface area contributed by atoms with Crippen molar-refractivity contribution in [3.05, 3.63) is 64.4 Å². The van der Waals surface area contributed by atoms with Crippen molar-refractivity contribution in [2.24, 2.45) is 4.99 Å². The Morgan fingerprint density at radius 3 is 2.40 bits per heavy atom. The molecular weight excluding hydrogens is 513 g/mol. The number of aromatic nitrogens is 1. The maximum Gasteiger partial charge on any atom is 0.253 e. The molecular formula is C22H29ClIN5O. The van der Waals surface area contributed by atoms with Crippen LogP contribution >= 0.6 is 35.6 Å². The molecule has 6 nitrogen and oxygen atoms in total. The summed E-state index contributed by atoms with van der Waals surface area (Å²) in [5.41, 5.74) is 2.98. The molecule has 0 radical (unpaired) electrons. The van der Waals surface area contributed by atoms with Gasteiger partial charge in [0.05, 0.1) is 0 Å². The summed E-state index contributed by atoms with van der Waals surface area (Å²) in [7, 11) is 1.75. The molecule has 1 fully saturated rings. The number of carbonyl (C=O) groups is 1. The number of rotatable bonds is 6. The van der Waals surface area contributed by atoms with Gasteiger partial charge in [0.15, 0.2) is 5.96 Å². The molecule has 0 spiro atoms. The number of pyridine rings is 1. The lowest BCUT2D eigenvalue weighted by molar-refractivity contribution is 0.0724. The van der Waals surface area contributed by atoms with E-state index in [9.17, 15) is 4.79 Å². The van der Waals surface area contributed by atoms with Crippen molar-refractivity contribution in [3.8, 4) is 0 Å². The van der Waals surface area contributed by atoms with Gasteiger partial charge in [0, 0.05) is 45.0 Å². The lowest BCUT2D eigenvalue weighted by Crippen LogP contribution is -2.38. The van der Waals surface area contributed by atoms with E-state index in [4.69, 9.17) is 11.6 Å². The highest BCUT2D eigenvalue weighted by atomic mass is 127. The lowest BCUT2D eigenvalue weighted by atomic mass is 10.1. The Morgan fingerprint density at radius 1 is 1.07 bits per heavy atom. The third-order valence-corrected chi connectivity index (χ3v) is 5.25. The van der Waals surface area contributed by atoms with Crippen LogP contribution in [-0.4, -0.2) is 48.4 Å². The summed E-state index contributed by atoms with van der Waals surface area (Å²) < 4.78 is 0. The van der Waals surface area contributed by atoms with Gasteiger partial charge in [-0.1, -0.05) is 29.8 Å². The van der Waals surface area contributed by atoms with E-state index in [1.54, 1.807) is 19.3 Å². The zero-order valence-corrected chi connectivity index (χ0v) is 20.3. The molecule has 3 rings (SSSR count). The summed E-state index contributed by atoms with van der Waals surface area (Å²) >= 11 is 5.81. The van der Waals surface area contributed by atoms with Gasteiger partial charge in [-0.15, -0.1) is 24.0 Å². The third kappa shape index (κ3) is 7.43. The summed E-state index contributed by atoms with van der Waals surface area (Å²) in [6, 6.07) is 11.6. The molecule has 1 aliphatic rings. The van der Waals surface area contributed by atoms with Crippen LogP contribution in [0.5, 0.6) is 0 Å². The Balaban J connectivity index is 0.00000320. The van der Waals surface area contributed by atoms with E-state index in [2.05, 4.69) is 20.6 Å². The van der Waals surface area contributed by atoms with Crippen molar-refractivity contribution in [2.45, 2.75) is 32.2 Å². The first-order chi connectivity index (χ1) is 14.2. The maximum absolute atomic E-state index is 12.5. The summed E-state index contributed by atoms with van der Waals surface area (Å²) in [5, 5.41) is 7.10. The van der Waals surface area contributed by atoms with Crippen molar-refractivity contribution >= 4 is 47.4 Å². The average Bonchev–Trinajstić information content (AvgIpc) is 2.78. The standard InChI is InChI=1S/C22H28ClN5O.HI/c1-24-22(25-12-11-18-7-10-20(23)26-15-18)27-16-17-5-8-19(9-6-17)21(29)28-13-3-2-4-14-28;/h5-10,15H,2-4,11-14,16H2,1H3,(H2,24,25,27);1H. The summed E-state index contributed by atoms with van der Waals surface area (Å²) in [4.78, 5) is 22.8. The fourth-order valence-corrected chi connectivity index (χ4v) is 3.44. The Bertz CT molecular complexity index is 820. The number of aliphatic imine (C=N–C) groups is 1. The van der Waals surface area contributed by atoms with Crippen LogP contribution in [0.15, 0.2) is 47.6 Å². The van der Waals surface area contributed by atoms with E-state index in [-0.39, 0.29) is 29.9 Å². The van der Waals surface area contributed by atoms with Crippen molar-refractivity contribution in [3.63, 3.8) is 0 Å².